The molecule has 1 aromatic heterocycles. The van der Waals surface area contributed by atoms with E-state index in [0.29, 0.717) is 29.9 Å². The van der Waals surface area contributed by atoms with Gasteiger partial charge in [-0.15, -0.1) is 0 Å². The van der Waals surface area contributed by atoms with Crippen LogP contribution < -0.4 is 5.32 Å². The Hall–Kier alpha value is -4.12. The van der Waals surface area contributed by atoms with Crippen LogP contribution in [0, 0.1) is 0 Å². The number of anilines is 1. The number of hydrogen-bond acceptors (Lipinski definition) is 3. The highest BCUT2D eigenvalue weighted by Gasteiger charge is 2.31. The number of carboxylic acids is 1. The predicted molar refractivity (Wildman–Crippen MR) is 128 cm³/mol. The van der Waals surface area contributed by atoms with Gasteiger partial charge in [-0.1, -0.05) is 60.7 Å². The molecule has 1 aliphatic heterocycles. The van der Waals surface area contributed by atoms with Gasteiger partial charge in [-0.2, -0.15) is 0 Å². The summed E-state index contributed by atoms with van der Waals surface area (Å²) in [6.07, 6.45) is 0.523. The summed E-state index contributed by atoms with van der Waals surface area (Å²) in [5.41, 5.74) is 5.05. The third-order valence-corrected chi connectivity index (χ3v) is 6.27. The molecule has 3 aromatic carbocycles. The molecule has 0 aliphatic carbocycles. The van der Waals surface area contributed by atoms with Crippen LogP contribution in [0.25, 0.3) is 0 Å². The van der Waals surface area contributed by atoms with Crippen molar-refractivity contribution in [3.63, 3.8) is 0 Å². The number of carbonyl (C=O) groups excluding carboxylic acids is 1. The first-order valence-corrected chi connectivity index (χ1v) is 11.1. The van der Waals surface area contributed by atoms with Crippen LogP contribution in [0.5, 0.6) is 0 Å². The first-order valence-electron chi connectivity index (χ1n) is 11.1. The SMILES string of the molecule is O=C(c1ccc(NC(c2ccccc2)c2ccccc2)cc1)c1ccc2n1CCC2C(=O)O. The van der Waals surface area contributed by atoms with Crippen molar-refractivity contribution >= 4 is 17.4 Å². The fourth-order valence-electron chi connectivity index (χ4n) is 4.57. The van der Waals surface area contributed by atoms with Crippen molar-refractivity contribution in [2.75, 3.05) is 5.32 Å². The highest BCUT2D eigenvalue weighted by atomic mass is 16.4. The molecule has 2 heterocycles. The molecule has 0 saturated carbocycles. The molecule has 1 unspecified atom stereocenters. The summed E-state index contributed by atoms with van der Waals surface area (Å²) in [6, 6.07) is 31.5. The summed E-state index contributed by atoms with van der Waals surface area (Å²) >= 11 is 0. The normalized spacial score (nSPS) is 14.8. The van der Waals surface area contributed by atoms with Gasteiger partial charge in [0.05, 0.1) is 17.7 Å². The number of carboxylic acid groups (broad SMARTS) is 1. The summed E-state index contributed by atoms with van der Waals surface area (Å²) in [5.74, 6) is -1.47. The first kappa shape index (κ1) is 20.8. The van der Waals surface area contributed by atoms with E-state index >= 15 is 0 Å². The number of nitrogens with one attached hydrogen (secondary N) is 1. The van der Waals surface area contributed by atoms with E-state index < -0.39 is 11.9 Å². The zero-order valence-corrected chi connectivity index (χ0v) is 18.0. The van der Waals surface area contributed by atoms with Gasteiger partial charge in [-0.3, -0.25) is 9.59 Å². The molecule has 0 saturated heterocycles. The number of benzene rings is 3. The predicted octanol–water partition coefficient (Wildman–Crippen LogP) is 5.49. The van der Waals surface area contributed by atoms with Crippen molar-refractivity contribution in [2.24, 2.45) is 0 Å². The number of ketones is 1. The summed E-state index contributed by atoms with van der Waals surface area (Å²) in [5, 5.41) is 13.0. The standard InChI is InChI=1S/C28H24N2O3/c31-27(25-16-15-24-23(28(32)33)17-18-30(24)25)21-11-13-22(14-12-21)29-26(19-7-3-1-4-8-19)20-9-5-2-6-10-20/h1-16,23,26,29H,17-18H2,(H,32,33). The van der Waals surface area contributed by atoms with Crippen LogP contribution in [0.1, 0.15) is 51.3 Å². The number of hydrogen-bond donors (Lipinski definition) is 2. The molecule has 0 amide bonds. The van der Waals surface area contributed by atoms with Crippen LogP contribution in [-0.4, -0.2) is 21.4 Å². The molecule has 164 valence electrons. The van der Waals surface area contributed by atoms with Gasteiger partial charge in [-0.05, 0) is 53.9 Å². The minimum Gasteiger partial charge on any atom is -0.481 e. The Morgan fingerprint density at radius 2 is 1.42 bits per heavy atom. The molecule has 5 rings (SSSR count). The molecular formula is C28H24N2O3. The topological polar surface area (TPSA) is 71.3 Å². The Kier molecular flexibility index (Phi) is 5.53. The molecule has 1 aliphatic rings. The van der Waals surface area contributed by atoms with Crippen molar-refractivity contribution < 1.29 is 14.7 Å². The van der Waals surface area contributed by atoms with E-state index in [-0.39, 0.29) is 11.8 Å². The second-order valence-electron chi connectivity index (χ2n) is 8.28. The number of rotatable bonds is 7. The number of carbonyl (C=O) groups is 2. The fourth-order valence-corrected chi connectivity index (χ4v) is 4.57. The summed E-state index contributed by atoms with van der Waals surface area (Å²) in [6.45, 7) is 0.551. The lowest BCUT2D eigenvalue weighted by molar-refractivity contribution is -0.138. The van der Waals surface area contributed by atoms with Crippen LogP contribution in [-0.2, 0) is 11.3 Å². The van der Waals surface area contributed by atoms with Crippen LogP contribution in [0.2, 0.25) is 0 Å². The maximum atomic E-state index is 13.1. The molecule has 0 fully saturated rings. The van der Waals surface area contributed by atoms with Gasteiger partial charge in [0, 0.05) is 23.5 Å². The lowest BCUT2D eigenvalue weighted by atomic mass is 9.98. The van der Waals surface area contributed by atoms with Gasteiger partial charge in [0.25, 0.3) is 0 Å². The zero-order valence-electron chi connectivity index (χ0n) is 18.0. The van der Waals surface area contributed by atoms with Crippen LogP contribution in [0.4, 0.5) is 5.69 Å². The number of nitrogens with zero attached hydrogens (tertiary/aromatic N) is 1. The summed E-state index contributed by atoms with van der Waals surface area (Å²) in [7, 11) is 0. The second-order valence-corrected chi connectivity index (χ2v) is 8.28. The van der Waals surface area contributed by atoms with Crippen LogP contribution in [0.15, 0.2) is 97.1 Å². The minimum absolute atomic E-state index is 0.0178. The Morgan fingerprint density at radius 1 is 0.818 bits per heavy atom. The summed E-state index contributed by atoms with van der Waals surface area (Å²) in [4.78, 5) is 24.6. The van der Waals surface area contributed by atoms with E-state index in [1.807, 2.05) is 65.2 Å². The van der Waals surface area contributed by atoms with Crippen molar-refractivity contribution in [1.29, 1.82) is 0 Å². The second kappa shape index (κ2) is 8.79. The van der Waals surface area contributed by atoms with Gasteiger partial charge in [0.1, 0.15) is 0 Å². The van der Waals surface area contributed by atoms with E-state index in [1.54, 1.807) is 12.1 Å². The lowest BCUT2D eigenvalue weighted by Gasteiger charge is -2.21. The summed E-state index contributed by atoms with van der Waals surface area (Å²) < 4.78 is 1.84. The van der Waals surface area contributed by atoms with Gasteiger partial charge < -0.3 is 15.0 Å². The van der Waals surface area contributed by atoms with Crippen molar-refractivity contribution in [2.45, 2.75) is 24.9 Å². The van der Waals surface area contributed by atoms with Crippen molar-refractivity contribution in [1.82, 2.24) is 4.57 Å². The van der Waals surface area contributed by atoms with Crippen LogP contribution >= 0.6 is 0 Å². The Labute approximate surface area is 192 Å². The molecule has 4 aromatic rings. The zero-order chi connectivity index (χ0) is 22.8. The van der Waals surface area contributed by atoms with Gasteiger partial charge in [0.15, 0.2) is 0 Å². The van der Waals surface area contributed by atoms with Gasteiger partial charge in [-0.25, -0.2) is 0 Å². The fraction of sp³-hybridized carbons (Fsp3) is 0.143. The Bertz CT molecular complexity index is 1240. The smallest absolute Gasteiger partial charge is 0.312 e. The molecule has 0 spiro atoms. The minimum atomic E-state index is -0.840. The number of fused-ring (bicyclic) bond motifs is 1. The number of aliphatic carboxylic acids is 1. The third-order valence-electron chi connectivity index (χ3n) is 6.27. The van der Waals surface area contributed by atoms with Gasteiger partial charge >= 0.3 is 5.97 Å². The highest BCUT2D eigenvalue weighted by molar-refractivity contribution is 6.08. The van der Waals surface area contributed by atoms with E-state index in [1.165, 1.54) is 0 Å². The average molecular weight is 437 g/mol. The highest BCUT2D eigenvalue weighted by Crippen LogP contribution is 2.32. The monoisotopic (exact) mass is 436 g/mol. The van der Waals surface area contributed by atoms with Crippen molar-refractivity contribution in [3.8, 4) is 0 Å². The van der Waals surface area contributed by atoms with E-state index in [9.17, 15) is 14.7 Å². The third kappa shape index (κ3) is 4.05. The molecule has 2 N–H and O–H groups in total. The molecule has 5 heteroatoms. The van der Waals surface area contributed by atoms with E-state index in [4.69, 9.17) is 0 Å². The Balaban J connectivity index is 1.38. The van der Waals surface area contributed by atoms with E-state index in [2.05, 4.69) is 29.6 Å². The van der Waals surface area contributed by atoms with Gasteiger partial charge in [0.2, 0.25) is 5.78 Å². The maximum absolute atomic E-state index is 13.1. The average Bonchev–Trinajstić information content (AvgIpc) is 3.46. The quantitative estimate of drug-likeness (QED) is 0.376. The van der Waals surface area contributed by atoms with Crippen LogP contribution in [0.3, 0.4) is 0 Å². The molecule has 33 heavy (non-hydrogen) atoms. The molecule has 1 atom stereocenters. The van der Waals surface area contributed by atoms with Crippen molar-refractivity contribution in [3.05, 3.63) is 125 Å². The maximum Gasteiger partial charge on any atom is 0.312 e. The number of aromatic nitrogens is 1. The molecule has 0 radical (unpaired) electrons. The molecular weight excluding hydrogens is 412 g/mol. The lowest BCUT2D eigenvalue weighted by Crippen LogP contribution is -2.13. The molecule has 5 nitrogen and oxygen atoms in total. The molecule has 0 bridgehead atoms. The largest absolute Gasteiger partial charge is 0.481 e. The first-order chi connectivity index (χ1) is 16.1. The Morgan fingerprint density at radius 3 is 2.00 bits per heavy atom. The van der Waals surface area contributed by atoms with E-state index in [0.717, 1.165) is 16.8 Å².